The fourth-order valence-electron chi connectivity index (χ4n) is 2.50. The fraction of sp³-hybridized carbons (Fsp3) is 0.222. The van der Waals surface area contributed by atoms with Gasteiger partial charge in [0, 0.05) is 11.3 Å². The van der Waals surface area contributed by atoms with Crippen LogP contribution in [0.15, 0.2) is 59.6 Å². The highest BCUT2D eigenvalue weighted by Crippen LogP contribution is 2.31. The molecule has 4 heteroatoms. The maximum Gasteiger partial charge on any atom is 0.136 e. The molecule has 0 spiro atoms. The number of aliphatic hydroxyl groups excluding tert-OH is 1. The van der Waals surface area contributed by atoms with Gasteiger partial charge in [-0.1, -0.05) is 55.5 Å². The third kappa shape index (κ3) is 2.85. The predicted octanol–water partition coefficient (Wildman–Crippen LogP) is 4.19. The molecule has 3 rings (SSSR count). The summed E-state index contributed by atoms with van der Waals surface area (Å²) >= 11 is 1.60. The van der Waals surface area contributed by atoms with Crippen LogP contribution in [0.25, 0.3) is 10.9 Å². The molecule has 0 unspecified atom stereocenters. The number of rotatable bonds is 4. The largest absolute Gasteiger partial charge is 0.388 e. The number of aliphatic hydroxyl groups is 1. The minimum atomic E-state index is -0.614. The van der Waals surface area contributed by atoms with Crippen LogP contribution in [-0.4, -0.2) is 21.3 Å². The van der Waals surface area contributed by atoms with Gasteiger partial charge in [0.2, 0.25) is 0 Å². The third-order valence-electron chi connectivity index (χ3n) is 3.80. The van der Waals surface area contributed by atoms with E-state index in [-0.39, 0.29) is 5.92 Å². The first-order valence-corrected chi connectivity index (χ1v) is 8.47. The van der Waals surface area contributed by atoms with E-state index in [1.165, 1.54) is 0 Å². The van der Waals surface area contributed by atoms with E-state index in [0.717, 1.165) is 21.5 Å². The first kappa shape index (κ1) is 15.0. The van der Waals surface area contributed by atoms with Crippen molar-refractivity contribution < 1.29 is 5.11 Å². The number of hydrogen-bond acceptors (Lipinski definition) is 4. The lowest BCUT2D eigenvalue weighted by Crippen LogP contribution is -2.11. The van der Waals surface area contributed by atoms with Gasteiger partial charge < -0.3 is 5.11 Å². The van der Waals surface area contributed by atoms with Crippen LogP contribution >= 0.6 is 11.8 Å². The van der Waals surface area contributed by atoms with E-state index in [2.05, 4.69) is 9.97 Å². The molecule has 0 amide bonds. The van der Waals surface area contributed by atoms with E-state index in [9.17, 15) is 5.11 Å². The molecule has 2 atom stereocenters. The quantitative estimate of drug-likeness (QED) is 0.580. The SMILES string of the molecule is CSc1nc([C@@H](C)[C@H](O)c2ccccc2)nc2ccccc12. The zero-order valence-corrected chi connectivity index (χ0v) is 13.4. The molecule has 0 fully saturated rings. The lowest BCUT2D eigenvalue weighted by Gasteiger charge is -2.19. The zero-order valence-electron chi connectivity index (χ0n) is 12.6. The molecule has 0 radical (unpaired) electrons. The lowest BCUT2D eigenvalue weighted by atomic mass is 9.96. The van der Waals surface area contributed by atoms with E-state index >= 15 is 0 Å². The van der Waals surface area contributed by atoms with Crippen LogP contribution in [0.2, 0.25) is 0 Å². The van der Waals surface area contributed by atoms with Gasteiger partial charge in [-0.3, -0.25) is 0 Å². The average Bonchev–Trinajstić information content (AvgIpc) is 2.60. The van der Waals surface area contributed by atoms with Crippen molar-refractivity contribution in [3.8, 4) is 0 Å². The summed E-state index contributed by atoms with van der Waals surface area (Å²) in [4.78, 5) is 9.30. The fourth-order valence-corrected chi connectivity index (χ4v) is 3.08. The standard InChI is InChI=1S/C18H18N2OS/c1-12(16(21)13-8-4-3-5-9-13)17-19-15-11-7-6-10-14(15)18(20-17)22-2/h3-12,16,21H,1-2H3/t12-,16-/m0/s1. The molecule has 0 aliphatic rings. The number of nitrogens with zero attached hydrogens (tertiary/aromatic N) is 2. The van der Waals surface area contributed by atoms with E-state index < -0.39 is 6.10 Å². The van der Waals surface area contributed by atoms with Crippen LogP contribution in [-0.2, 0) is 0 Å². The number of aromatic nitrogens is 2. The van der Waals surface area contributed by atoms with Crippen molar-refractivity contribution in [3.05, 3.63) is 66.0 Å². The highest BCUT2D eigenvalue weighted by molar-refractivity contribution is 7.98. The van der Waals surface area contributed by atoms with Crippen LogP contribution in [0.3, 0.4) is 0 Å². The van der Waals surface area contributed by atoms with Gasteiger partial charge in [0.15, 0.2) is 0 Å². The Morgan fingerprint density at radius 3 is 2.36 bits per heavy atom. The summed E-state index contributed by atoms with van der Waals surface area (Å²) in [6.45, 7) is 1.96. The summed E-state index contributed by atoms with van der Waals surface area (Å²) in [5.74, 6) is 0.511. The number of hydrogen-bond donors (Lipinski definition) is 1. The zero-order chi connectivity index (χ0) is 15.5. The van der Waals surface area contributed by atoms with Crippen LogP contribution in [0.5, 0.6) is 0 Å². The van der Waals surface area contributed by atoms with Gasteiger partial charge in [-0.05, 0) is 17.9 Å². The molecule has 0 bridgehead atoms. The monoisotopic (exact) mass is 310 g/mol. The minimum Gasteiger partial charge on any atom is -0.388 e. The molecule has 1 N–H and O–H groups in total. The van der Waals surface area contributed by atoms with Gasteiger partial charge in [-0.2, -0.15) is 0 Å². The second-order valence-electron chi connectivity index (χ2n) is 5.25. The van der Waals surface area contributed by atoms with Crippen molar-refractivity contribution in [2.75, 3.05) is 6.26 Å². The number of thioether (sulfide) groups is 1. The van der Waals surface area contributed by atoms with Gasteiger partial charge in [-0.15, -0.1) is 11.8 Å². The Morgan fingerprint density at radius 1 is 0.955 bits per heavy atom. The molecule has 0 saturated carbocycles. The molecule has 1 heterocycles. The lowest BCUT2D eigenvalue weighted by molar-refractivity contribution is 0.148. The van der Waals surface area contributed by atoms with E-state index in [1.54, 1.807) is 11.8 Å². The average molecular weight is 310 g/mol. The Hall–Kier alpha value is -1.91. The summed E-state index contributed by atoms with van der Waals surface area (Å²) in [7, 11) is 0. The minimum absolute atomic E-state index is 0.169. The second-order valence-corrected chi connectivity index (χ2v) is 6.05. The maximum atomic E-state index is 10.6. The van der Waals surface area contributed by atoms with Gasteiger partial charge >= 0.3 is 0 Å². The molecule has 0 aliphatic heterocycles. The van der Waals surface area contributed by atoms with E-state index in [4.69, 9.17) is 0 Å². The number of benzene rings is 2. The van der Waals surface area contributed by atoms with Crippen LogP contribution in [0, 0.1) is 0 Å². The number of para-hydroxylation sites is 1. The third-order valence-corrected chi connectivity index (χ3v) is 4.50. The first-order valence-electron chi connectivity index (χ1n) is 7.24. The Morgan fingerprint density at radius 2 is 1.64 bits per heavy atom. The van der Waals surface area contributed by atoms with Crippen molar-refractivity contribution in [3.63, 3.8) is 0 Å². The highest BCUT2D eigenvalue weighted by atomic mass is 32.2. The van der Waals surface area contributed by atoms with Crippen LogP contribution in [0.1, 0.15) is 30.3 Å². The van der Waals surface area contributed by atoms with Crippen molar-refractivity contribution in [1.82, 2.24) is 9.97 Å². The Balaban J connectivity index is 2.02. The summed E-state index contributed by atoms with van der Waals surface area (Å²) in [5, 5.41) is 12.6. The molecule has 3 aromatic rings. The summed E-state index contributed by atoms with van der Waals surface area (Å²) < 4.78 is 0. The second kappa shape index (κ2) is 6.46. The summed E-state index contributed by atoms with van der Waals surface area (Å²) in [6, 6.07) is 17.6. The Labute approximate surface area is 134 Å². The molecule has 3 nitrogen and oxygen atoms in total. The molecule has 22 heavy (non-hydrogen) atoms. The Bertz CT molecular complexity index is 776. The van der Waals surface area contributed by atoms with Gasteiger partial charge in [0.1, 0.15) is 10.9 Å². The van der Waals surface area contributed by atoms with Gasteiger partial charge in [0.05, 0.1) is 11.6 Å². The normalized spacial score (nSPS) is 14.0. The van der Waals surface area contributed by atoms with Crippen LogP contribution in [0.4, 0.5) is 0 Å². The van der Waals surface area contributed by atoms with Crippen molar-refractivity contribution in [2.24, 2.45) is 0 Å². The maximum absolute atomic E-state index is 10.6. The molecule has 0 aliphatic carbocycles. The Kier molecular flexibility index (Phi) is 4.41. The highest BCUT2D eigenvalue weighted by Gasteiger charge is 2.22. The van der Waals surface area contributed by atoms with Crippen molar-refractivity contribution in [1.29, 1.82) is 0 Å². The molecular formula is C18H18N2OS. The summed E-state index contributed by atoms with van der Waals surface area (Å²) in [5.41, 5.74) is 1.81. The molecule has 1 aromatic heterocycles. The summed E-state index contributed by atoms with van der Waals surface area (Å²) in [6.07, 6.45) is 1.40. The van der Waals surface area contributed by atoms with E-state index in [0.29, 0.717) is 5.82 Å². The first-order chi connectivity index (χ1) is 10.7. The molecule has 0 saturated heterocycles. The van der Waals surface area contributed by atoms with Crippen molar-refractivity contribution in [2.45, 2.75) is 24.0 Å². The van der Waals surface area contributed by atoms with Gasteiger partial charge in [-0.25, -0.2) is 9.97 Å². The van der Waals surface area contributed by atoms with Crippen molar-refractivity contribution >= 4 is 22.7 Å². The topological polar surface area (TPSA) is 46.0 Å². The molecular weight excluding hydrogens is 292 g/mol. The van der Waals surface area contributed by atoms with E-state index in [1.807, 2.05) is 67.8 Å². The number of fused-ring (bicyclic) bond motifs is 1. The van der Waals surface area contributed by atoms with Crippen LogP contribution < -0.4 is 0 Å². The smallest absolute Gasteiger partial charge is 0.136 e. The van der Waals surface area contributed by atoms with Gasteiger partial charge in [0.25, 0.3) is 0 Å². The molecule has 2 aromatic carbocycles. The molecule has 112 valence electrons. The predicted molar refractivity (Wildman–Crippen MR) is 91.1 cm³/mol.